The van der Waals surface area contributed by atoms with Gasteiger partial charge in [0, 0.05) is 6.20 Å². The number of anilines is 1. The highest BCUT2D eigenvalue weighted by Crippen LogP contribution is 2.28. The Balaban J connectivity index is 2.57. The van der Waals surface area contributed by atoms with Crippen LogP contribution in [0.5, 0.6) is 0 Å². The summed E-state index contributed by atoms with van der Waals surface area (Å²) in [6.07, 6.45) is 1.71. The molecule has 2 rings (SSSR count). The number of nitrogens with zero attached hydrogens (tertiary/aromatic N) is 3. The summed E-state index contributed by atoms with van der Waals surface area (Å²) in [7, 11) is 0. The molecule has 0 aromatic carbocycles. The average Bonchev–Trinajstić information content (AvgIpc) is 2.33. The van der Waals surface area contributed by atoms with Gasteiger partial charge < -0.3 is 5.73 Å². The smallest absolute Gasteiger partial charge is 0.180 e. The van der Waals surface area contributed by atoms with E-state index in [1.165, 1.54) is 0 Å². The maximum atomic E-state index is 5.87. The first-order chi connectivity index (χ1) is 8.09. The molecule has 0 spiro atoms. The number of pyridine rings is 1. The van der Waals surface area contributed by atoms with Gasteiger partial charge in [0.2, 0.25) is 0 Å². The molecular weight excluding hydrogens is 280 g/mol. The third-order valence-corrected chi connectivity index (χ3v) is 3.16. The number of halogens is 1. The SMILES string of the molecule is CC(C)c1nc(-c2ccccn2)nc(N)c1Br. The Labute approximate surface area is 108 Å². The molecule has 0 aliphatic carbocycles. The van der Waals surface area contributed by atoms with Gasteiger partial charge in [0.05, 0.1) is 10.2 Å². The number of nitrogen functional groups attached to an aromatic ring is 1. The van der Waals surface area contributed by atoms with Crippen LogP contribution in [0, 0.1) is 0 Å². The average molecular weight is 293 g/mol. The first-order valence-corrected chi connectivity index (χ1v) is 6.13. The molecule has 2 heterocycles. The minimum atomic E-state index is 0.275. The maximum Gasteiger partial charge on any atom is 0.180 e. The highest BCUT2D eigenvalue weighted by molar-refractivity contribution is 9.10. The van der Waals surface area contributed by atoms with Crippen molar-refractivity contribution in [3.8, 4) is 11.5 Å². The van der Waals surface area contributed by atoms with Gasteiger partial charge in [0.15, 0.2) is 5.82 Å². The summed E-state index contributed by atoms with van der Waals surface area (Å²) >= 11 is 3.42. The first kappa shape index (κ1) is 12.0. The Kier molecular flexibility index (Phi) is 3.38. The topological polar surface area (TPSA) is 64.7 Å². The van der Waals surface area contributed by atoms with Crippen molar-refractivity contribution < 1.29 is 0 Å². The van der Waals surface area contributed by atoms with Crippen molar-refractivity contribution in [2.24, 2.45) is 0 Å². The van der Waals surface area contributed by atoms with Crippen LogP contribution in [0.4, 0.5) is 5.82 Å². The molecule has 0 saturated carbocycles. The molecule has 0 aliphatic heterocycles. The predicted octanol–water partition coefficient (Wildman–Crippen LogP) is 3.01. The van der Waals surface area contributed by atoms with Crippen molar-refractivity contribution in [3.05, 3.63) is 34.6 Å². The minimum Gasteiger partial charge on any atom is -0.383 e. The molecular formula is C12H13BrN4. The molecule has 88 valence electrons. The molecule has 0 aliphatic rings. The van der Waals surface area contributed by atoms with Crippen LogP contribution in [0.2, 0.25) is 0 Å². The molecule has 0 fully saturated rings. The van der Waals surface area contributed by atoms with Crippen molar-refractivity contribution >= 4 is 21.7 Å². The summed E-state index contributed by atoms with van der Waals surface area (Å²) in [5.74, 6) is 1.29. The number of rotatable bonds is 2. The van der Waals surface area contributed by atoms with E-state index in [0.29, 0.717) is 11.6 Å². The lowest BCUT2D eigenvalue weighted by Gasteiger charge is -2.10. The zero-order valence-corrected chi connectivity index (χ0v) is 11.3. The Hall–Kier alpha value is -1.49. The first-order valence-electron chi connectivity index (χ1n) is 5.34. The fraction of sp³-hybridized carbons (Fsp3) is 0.250. The van der Waals surface area contributed by atoms with Crippen LogP contribution in [-0.4, -0.2) is 15.0 Å². The van der Waals surface area contributed by atoms with E-state index in [9.17, 15) is 0 Å². The Bertz CT molecular complexity index is 526. The van der Waals surface area contributed by atoms with E-state index in [1.54, 1.807) is 6.20 Å². The van der Waals surface area contributed by atoms with Crippen LogP contribution in [-0.2, 0) is 0 Å². The number of aromatic nitrogens is 3. The van der Waals surface area contributed by atoms with Crippen molar-refractivity contribution in [3.63, 3.8) is 0 Å². The summed E-state index contributed by atoms with van der Waals surface area (Å²) in [6.45, 7) is 4.13. The number of hydrogen-bond donors (Lipinski definition) is 1. The van der Waals surface area contributed by atoms with Crippen LogP contribution >= 0.6 is 15.9 Å². The van der Waals surface area contributed by atoms with E-state index >= 15 is 0 Å². The van der Waals surface area contributed by atoms with Gasteiger partial charge in [0.25, 0.3) is 0 Å². The molecule has 5 heteroatoms. The zero-order chi connectivity index (χ0) is 12.4. The Morgan fingerprint density at radius 1 is 1.24 bits per heavy atom. The highest BCUT2D eigenvalue weighted by Gasteiger charge is 2.14. The standard InChI is InChI=1S/C12H13BrN4/c1-7(2)10-9(13)11(14)17-12(16-10)8-5-3-4-6-15-8/h3-7H,1-2H3,(H2,14,16,17). The third kappa shape index (κ3) is 2.44. The largest absolute Gasteiger partial charge is 0.383 e. The fourth-order valence-corrected chi connectivity index (χ4v) is 2.11. The Morgan fingerprint density at radius 2 is 2.00 bits per heavy atom. The van der Waals surface area contributed by atoms with E-state index in [1.807, 2.05) is 18.2 Å². The molecule has 2 aromatic heterocycles. The lowest BCUT2D eigenvalue weighted by molar-refractivity contribution is 0.810. The molecule has 0 bridgehead atoms. The second kappa shape index (κ2) is 4.79. The summed E-state index contributed by atoms with van der Waals surface area (Å²) in [4.78, 5) is 13.0. The van der Waals surface area contributed by atoms with Gasteiger partial charge in [-0.25, -0.2) is 9.97 Å². The molecule has 0 saturated heterocycles. The Morgan fingerprint density at radius 3 is 2.59 bits per heavy atom. The quantitative estimate of drug-likeness (QED) is 0.924. The summed E-state index contributed by atoms with van der Waals surface area (Å²) in [6, 6.07) is 5.63. The maximum absolute atomic E-state index is 5.87. The van der Waals surface area contributed by atoms with Crippen LogP contribution in [0.25, 0.3) is 11.5 Å². The normalized spacial score (nSPS) is 10.8. The van der Waals surface area contributed by atoms with Crippen molar-refractivity contribution in [2.75, 3.05) is 5.73 Å². The summed E-state index contributed by atoms with van der Waals surface area (Å²) in [5.41, 5.74) is 7.50. The van der Waals surface area contributed by atoms with Gasteiger partial charge in [-0.05, 0) is 34.0 Å². The lowest BCUT2D eigenvalue weighted by Crippen LogP contribution is -2.04. The summed E-state index contributed by atoms with van der Waals surface area (Å²) < 4.78 is 0.771. The number of hydrogen-bond acceptors (Lipinski definition) is 4. The van der Waals surface area contributed by atoms with Gasteiger partial charge >= 0.3 is 0 Å². The van der Waals surface area contributed by atoms with Gasteiger partial charge in [0.1, 0.15) is 11.5 Å². The van der Waals surface area contributed by atoms with E-state index in [-0.39, 0.29) is 5.92 Å². The van der Waals surface area contributed by atoms with Gasteiger partial charge in [-0.1, -0.05) is 19.9 Å². The van der Waals surface area contributed by atoms with E-state index in [4.69, 9.17) is 5.73 Å². The molecule has 4 nitrogen and oxygen atoms in total. The molecule has 0 amide bonds. The molecule has 0 atom stereocenters. The molecule has 2 aromatic rings. The van der Waals surface area contributed by atoms with Gasteiger partial charge in [-0.15, -0.1) is 0 Å². The minimum absolute atomic E-state index is 0.275. The van der Waals surface area contributed by atoms with Crippen LogP contribution in [0.1, 0.15) is 25.5 Å². The van der Waals surface area contributed by atoms with E-state index in [2.05, 4.69) is 44.7 Å². The fourth-order valence-electron chi connectivity index (χ4n) is 1.47. The third-order valence-electron chi connectivity index (χ3n) is 2.34. The number of nitrogens with two attached hydrogens (primary N) is 1. The van der Waals surface area contributed by atoms with Crippen molar-refractivity contribution in [1.82, 2.24) is 15.0 Å². The highest BCUT2D eigenvalue weighted by atomic mass is 79.9. The molecule has 0 unspecified atom stereocenters. The zero-order valence-electron chi connectivity index (χ0n) is 9.68. The van der Waals surface area contributed by atoms with Crippen LogP contribution in [0.15, 0.2) is 28.9 Å². The lowest BCUT2D eigenvalue weighted by atomic mass is 10.1. The predicted molar refractivity (Wildman–Crippen MR) is 71.5 cm³/mol. The molecule has 0 radical (unpaired) electrons. The molecule has 17 heavy (non-hydrogen) atoms. The van der Waals surface area contributed by atoms with Crippen LogP contribution in [0.3, 0.4) is 0 Å². The second-order valence-electron chi connectivity index (χ2n) is 4.00. The van der Waals surface area contributed by atoms with Crippen LogP contribution < -0.4 is 5.73 Å². The van der Waals surface area contributed by atoms with Crippen molar-refractivity contribution in [1.29, 1.82) is 0 Å². The monoisotopic (exact) mass is 292 g/mol. The van der Waals surface area contributed by atoms with Crippen molar-refractivity contribution in [2.45, 2.75) is 19.8 Å². The summed E-state index contributed by atoms with van der Waals surface area (Å²) in [5, 5.41) is 0. The molecule has 2 N–H and O–H groups in total. The van der Waals surface area contributed by atoms with Gasteiger partial charge in [-0.2, -0.15) is 0 Å². The van der Waals surface area contributed by atoms with Gasteiger partial charge in [-0.3, -0.25) is 4.98 Å². The van der Waals surface area contributed by atoms with E-state index < -0.39 is 0 Å². The van der Waals surface area contributed by atoms with E-state index in [0.717, 1.165) is 15.9 Å². The second-order valence-corrected chi connectivity index (χ2v) is 4.79.